The molecule has 2 aliphatic rings. The number of hydrogen-bond acceptors (Lipinski definition) is 2. The summed E-state index contributed by atoms with van der Waals surface area (Å²) in [5.74, 6) is 2.23. The first-order valence-corrected chi connectivity index (χ1v) is 9.01. The van der Waals surface area contributed by atoms with Crippen LogP contribution in [0.5, 0.6) is 5.75 Å². The summed E-state index contributed by atoms with van der Waals surface area (Å²) in [6.45, 7) is 10.5. The maximum atomic E-state index is 12.6. The predicted octanol–water partition coefficient (Wildman–Crippen LogP) is 4.10. The third-order valence-electron chi connectivity index (χ3n) is 5.27. The van der Waals surface area contributed by atoms with Gasteiger partial charge in [-0.3, -0.25) is 4.79 Å². The van der Waals surface area contributed by atoms with Crippen LogP contribution in [0.3, 0.4) is 0 Å². The molecule has 3 heteroatoms. The number of carbonyl (C=O) groups is 1. The van der Waals surface area contributed by atoms with Gasteiger partial charge in [0, 0.05) is 13.1 Å². The molecule has 0 bridgehead atoms. The molecule has 1 aromatic rings. The Morgan fingerprint density at radius 3 is 2.38 bits per heavy atom. The van der Waals surface area contributed by atoms with Crippen molar-refractivity contribution in [3.05, 3.63) is 41.5 Å². The maximum Gasteiger partial charge on any atom is 0.260 e. The summed E-state index contributed by atoms with van der Waals surface area (Å²) in [4.78, 5) is 14.6. The largest absolute Gasteiger partial charge is 0.483 e. The fourth-order valence-corrected chi connectivity index (χ4v) is 3.81. The fraction of sp³-hybridized carbons (Fsp3) is 0.571. The van der Waals surface area contributed by atoms with Gasteiger partial charge in [-0.05, 0) is 48.6 Å². The van der Waals surface area contributed by atoms with E-state index in [0.29, 0.717) is 11.8 Å². The second kappa shape index (κ2) is 6.62. The molecule has 0 N–H and O–H groups in total. The maximum absolute atomic E-state index is 12.6. The summed E-state index contributed by atoms with van der Waals surface area (Å²) < 4.78 is 5.94. The Morgan fingerprint density at radius 2 is 1.79 bits per heavy atom. The van der Waals surface area contributed by atoms with Gasteiger partial charge in [0.25, 0.3) is 5.91 Å². The number of nitrogens with zero attached hydrogens (tertiary/aromatic N) is 1. The molecule has 0 spiro atoms. The Labute approximate surface area is 145 Å². The van der Waals surface area contributed by atoms with Crippen LogP contribution in [-0.2, 0) is 10.2 Å². The number of benzene rings is 1. The van der Waals surface area contributed by atoms with Crippen molar-refractivity contribution in [2.75, 3.05) is 19.7 Å². The molecule has 130 valence electrons. The molecule has 3 nitrogen and oxygen atoms in total. The first-order chi connectivity index (χ1) is 11.3. The third kappa shape index (κ3) is 3.66. The Morgan fingerprint density at radius 1 is 1.17 bits per heavy atom. The van der Waals surface area contributed by atoms with Gasteiger partial charge in [-0.2, -0.15) is 0 Å². The minimum atomic E-state index is -0.00133. The topological polar surface area (TPSA) is 29.5 Å². The average Bonchev–Trinajstić information content (AvgIpc) is 2.96. The van der Waals surface area contributed by atoms with Crippen LogP contribution in [0.15, 0.2) is 30.4 Å². The molecule has 3 rings (SSSR count). The zero-order valence-electron chi connectivity index (χ0n) is 15.3. The molecule has 1 amide bonds. The second-order valence-corrected chi connectivity index (χ2v) is 8.30. The third-order valence-corrected chi connectivity index (χ3v) is 5.27. The molecule has 2 atom stereocenters. The van der Waals surface area contributed by atoms with Crippen LogP contribution in [0.1, 0.15) is 44.7 Å². The highest BCUT2D eigenvalue weighted by atomic mass is 16.5. The first kappa shape index (κ1) is 17.1. The highest BCUT2D eigenvalue weighted by molar-refractivity contribution is 5.78. The number of rotatable bonds is 3. The second-order valence-electron chi connectivity index (χ2n) is 8.30. The van der Waals surface area contributed by atoms with Crippen LogP contribution in [-0.4, -0.2) is 30.5 Å². The molecule has 1 aromatic carbocycles. The summed E-state index contributed by atoms with van der Waals surface area (Å²) in [5.41, 5.74) is 2.38. The lowest BCUT2D eigenvalue weighted by Gasteiger charge is -2.24. The quantitative estimate of drug-likeness (QED) is 0.782. The molecule has 1 saturated heterocycles. The van der Waals surface area contributed by atoms with E-state index in [4.69, 9.17) is 4.74 Å². The van der Waals surface area contributed by atoms with Gasteiger partial charge in [-0.1, -0.05) is 50.6 Å². The lowest BCUT2D eigenvalue weighted by Crippen LogP contribution is -2.33. The molecule has 0 saturated carbocycles. The Hall–Kier alpha value is -1.77. The minimum Gasteiger partial charge on any atom is -0.483 e. The highest BCUT2D eigenvalue weighted by Crippen LogP contribution is 2.34. The van der Waals surface area contributed by atoms with Crippen molar-refractivity contribution in [2.24, 2.45) is 11.8 Å². The molecular weight excluding hydrogens is 298 g/mol. The zero-order valence-corrected chi connectivity index (χ0v) is 15.3. The lowest BCUT2D eigenvalue weighted by atomic mass is 9.85. The Balaban J connectivity index is 1.63. The van der Waals surface area contributed by atoms with Crippen molar-refractivity contribution in [2.45, 2.75) is 46.0 Å². The number of amides is 1. The molecular formula is C21H29NO2. The molecule has 0 radical (unpaired) electrons. The molecule has 24 heavy (non-hydrogen) atoms. The van der Waals surface area contributed by atoms with Gasteiger partial charge in [0.2, 0.25) is 0 Å². The van der Waals surface area contributed by atoms with Gasteiger partial charge in [-0.15, -0.1) is 0 Å². The van der Waals surface area contributed by atoms with Crippen LogP contribution in [0.2, 0.25) is 0 Å². The lowest BCUT2D eigenvalue weighted by molar-refractivity contribution is -0.132. The van der Waals surface area contributed by atoms with Crippen LogP contribution in [0.4, 0.5) is 0 Å². The van der Waals surface area contributed by atoms with Crippen LogP contribution in [0.25, 0.3) is 0 Å². The van der Waals surface area contributed by atoms with E-state index < -0.39 is 0 Å². The minimum absolute atomic E-state index is 0.00133. The molecule has 1 fully saturated rings. The average molecular weight is 327 g/mol. The molecule has 0 aromatic heterocycles. The van der Waals surface area contributed by atoms with Crippen molar-refractivity contribution in [3.8, 4) is 5.75 Å². The van der Waals surface area contributed by atoms with Gasteiger partial charge in [0.05, 0.1) is 0 Å². The molecule has 2 unspecified atom stereocenters. The normalized spacial score (nSPS) is 23.2. The van der Waals surface area contributed by atoms with E-state index in [-0.39, 0.29) is 17.9 Å². The number of carbonyl (C=O) groups excluding carboxylic acids is 1. The zero-order chi connectivity index (χ0) is 17.3. The number of fused-ring (bicyclic) bond motifs is 1. The van der Waals surface area contributed by atoms with Gasteiger partial charge in [0.1, 0.15) is 5.75 Å². The van der Waals surface area contributed by atoms with E-state index in [0.717, 1.165) is 37.2 Å². The standard InChI is InChI=1S/C21H29NO2/c1-15-9-10-19(18(11-15)21(2,3)4)24-14-20(23)22-12-16-7-5-6-8-17(16)13-22/h5-6,9-11,16-17H,7-8,12-14H2,1-4H3. The Bertz CT molecular complexity index is 626. The summed E-state index contributed by atoms with van der Waals surface area (Å²) >= 11 is 0. The molecule has 1 aliphatic carbocycles. The van der Waals surface area contributed by atoms with Gasteiger partial charge >= 0.3 is 0 Å². The van der Waals surface area contributed by atoms with E-state index in [1.54, 1.807) is 0 Å². The van der Waals surface area contributed by atoms with E-state index >= 15 is 0 Å². The SMILES string of the molecule is Cc1ccc(OCC(=O)N2CC3CC=CCC3C2)c(C(C)(C)C)c1. The van der Waals surface area contributed by atoms with E-state index in [1.807, 2.05) is 17.0 Å². The van der Waals surface area contributed by atoms with Crippen molar-refractivity contribution < 1.29 is 9.53 Å². The first-order valence-electron chi connectivity index (χ1n) is 9.01. The van der Waals surface area contributed by atoms with Gasteiger partial charge in [0.15, 0.2) is 6.61 Å². The van der Waals surface area contributed by atoms with Crippen LogP contribution in [0, 0.1) is 18.8 Å². The van der Waals surface area contributed by atoms with Crippen molar-refractivity contribution in [1.29, 1.82) is 0 Å². The smallest absolute Gasteiger partial charge is 0.260 e. The Kier molecular flexibility index (Phi) is 4.71. The summed E-state index contributed by atoms with van der Waals surface area (Å²) in [7, 11) is 0. The summed E-state index contributed by atoms with van der Waals surface area (Å²) in [5, 5.41) is 0. The van der Waals surface area contributed by atoms with Crippen molar-refractivity contribution in [3.63, 3.8) is 0 Å². The summed E-state index contributed by atoms with van der Waals surface area (Å²) in [6, 6.07) is 6.21. The van der Waals surface area contributed by atoms with Crippen molar-refractivity contribution in [1.82, 2.24) is 4.90 Å². The molecule has 1 heterocycles. The summed E-state index contributed by atoms with van der Waals surface area (Å²) in [6.07, 6.45) is 6.74. The monoisotopic (exact) mass is 327 g/mol. The molecule has 1 aliphatic heterocycles. The number of likely N-dealkylation sites (tertiary alicyclic amines) is 1. The van der Waals surface area contributed by atoms with Gasteiger partial charge < -0.3 is 9.64 Å². The van der Waals surface area contributed by atoms with Crippen molar-refractivity contribution >= 4 is 5.91 Å². The van der Waals surface area contributed by atoms with E-state index in [9.17, 15) is 4.79 Å². The van der Waals surface area contributed by atoms with Crippen LogP contribution >= 0.6 is 0 Å². The number of ether oxygens (including phenoxy) is 1. The predicted molar refractivity (Wildman–Crippen MR) is 97.3 cm³/mol. The fourth-order valence-electron chi connectivity index (χ4n) is 3.81. The number of hydrogen-bond donors (Lipinski definition) is 0. The highest BCUT2D eigenvalue weighted by Gasteiger charge is 2.35. The van der Waals surface area contributed by atoms with E-state index in [1.165, 1.54) is 5.56 Å². The number of allylic oxidation sites excluding steroid dienone is 2. The van der Waals surface area contributed by atoms with Crippen LogP contribution < -0.4 is 4.74 Å². The van der Waals surface area contributed by atoms with E-state index in [2.05, 4.69) is 45.9 Å². The number of aryl methyl sites for hydroxylation is 1. The van der Waals surface area contributed by atoms with Gasteiger partial charge in [-0.25, -0.2) is 0 Å².